The monoisotopic (exact) mass is 515 g/mol. The average Bonchev–Trinajstić information content (AvgIpc) is 3.57. The van der Waals surface area contributed by atoms with Crippen molar-refractivity contribution >= 4 is 29.1 Å². The summed E-state index contributed by atoms with van der Waals surface area (Å²) in [6, 6.07) is 19.6. The summed E-state index contributed by atoms with van der Waals surface area (Å²) in [4.78, 5) is 40.4. The van der Waals surface area contributed by atoms with Gasteiger partial charge in [0.25, 0.3) is 5.91 Å². The number of rotatable bonds is 9. The molecule has 0 unspecified atom stereocenters. The highest BCUT2D eigenvalue weighted by Crippen LogP contribution is 2.32. The fourth-order valence-electron chi connectivity index (χ4n) is 4.43. The van der Waals surface area contributed by atoms with Crippen molar-refractivity contribution < 1.29 is 28.6 Å². The summed E-state index contributed by atoms with van der Waals surface area (Å²) in [5.41, 5.74) is 2.31. The van der Waals surface area contributed by atoms with E-state index in [1.807, 2.05) is 43.3 Å². The third-order valence-corrected chi connectivity index (χ3v) is 6.44. The van der Waals surface area contributed by atoms with Crippen LogP contribution < -0.4 is 29.7 Å². The van der Waals surface area contributed by atoms with Gasteiger partial charge in [0.05, 0.1) is 23.8 Å². The fraction of sp³-hybridized carbons (Fsp3) is 0.276. The molecular weight excluding hydrogens is 486 g/mol. The number of hydrogen-bond donors (Lipinski definition) is 2. The van der Waals surface area contributed by atoms with Gasteiger partial charge in [-0.25, -0.2) is 0 Å². The number of para-hydroxylation sites is 1. The first kappa shape index (κ1) is 25.1. The van der Waals surface area contributed by atoms with Crippen LogP contribution in [0.2, 0.25) is 0 Å². The van der Waals surface area contributed by atoms with E-state index in [-0.39, 0.29) is 44.0 Å². The minimum Gasteiger partial charge on any atom is -0.494 e. The molecule has 196 valence electrons. The van der Waals surface area contributed by atoms with E-state index in [4.69, 9.17) is 14.2 Å². The Morgan fingerprint density at radius 2 is 1.82 bits per heavy atom. The van der Waals surface area contributed by atoms with Crippen molar-refractivity contribution in [3.63, 3.8) is 0 Å². The molecule has 3 aromatic carbocycles. The molecule has 0 bridgehead atoms. The lowest BCUT2D eigenvalue weighted by atomic mass is 10.1. The molecular formula is C29H29N3O6. The van der Waals surface area contributed by atoms with Gasteiger partial charge in [0.15, 0.2) is 11.5 Å². The van der Waals surface area contributed by atoms with Gasteiger partial charge in [0, 0.05) is 25.2 Å². The first-order valence-corrected chi connectivity index (χ1v) is 12.6. The Morgan fingerprint density at radius 1 is 1.03 bits per heavy atom. The molecule has 38 heavy (non-hydrogen) atoms. The van der Waals surface area contributed by atoms with Crippen LogP contribution in [0.4, 0.5) is 11.4 Å². The molecule has 5 rings (SSSR count). The van der Waals surface area contributed by atoms with Crippen LogP contribution in [0.15, 0.2) is 66.7 Å². The minimum atomic E-state index is -0.539. The van der Waals surface area contributed by atoms with Crippen LogP contribution in [0.5, 0.6) is 17.2 Å². The van der Waals surface area contributed by atoms with Crippen molar-refractivity contribution in [1.82, 2.24) is 5.32 Å². The van der Waals surface area contributed by atoms with Crippen LogP contribution in [0.3, 0.4) is 0 Å². The van der Waals surface area contributed by atoms with Gasteiger partial charge in [-0.15, -0.1) is 0 Å². The summed E-state index contributed by atoms with van der Waals surface area (Å²) >= 11 is 0. The predicted molar refractivity (Wildman–Crippen MR) is 141 cm³/mol. The van der Waals surface area contributed by atoms with E-state index in [1.54, 1.807) is 35.2 Å². The molecule has 2 N–H and O–H groups in total. The largest absolute Gasteiger partial charge is 0.494 e. The number of nitrogens with one attached hydrogen (secondary N) is 2. The van der Waals surface area contributed by atoms with Gasteiger partial charge in [0.2, 0.25) is 18.6 Å². The molecule has 1 fully saturated rings. The van der Waals surface area contributed by atoms with Crippen LogP contribution in [0.1, 0.15) is 35.7 Å². The molecule has 0 spiro atoms. The molecule has 9 nitrogen and oxygen atoms in total. The molecule has 9 heteroatoms. The van der Waals surface area contributed by atoms with Crippen molar-refractivity contribution in [2.75, 3.05) is 30.2 Å². The number of carbonyl (C=O) groups excluding carboxylic acids is 3. The molecule has 0 aliphatic carbocycles. The Hall–Kier alpha value is -4.53. The molecule has 3 aromatic rings. The molecule has 2 aliphatic rings. The Morgan fingerprint density at radius 3 is 2.63 bits per heavy atom. The van der Waals surface area contributed by atoms with Crippen LogP contribution in [0.25, 0.3) is 0 Å². The Balaban J connectivity index is 1.20. The highest BCUT2D eigenvalue weighted by atomic mass is 16.7. The molecule has 3 amide bonds. The topological polar surface area (TPSA) is 106 Å². The molecule has 0 saturated carbocycles. The number of carbonyl (C=O) groups is 3. The van der Waals surface area contributed by atoms with Crippen LogP contribution >= 0.6 is 0 Å². The predicted octanol–water partition coefficient (Wildman–Crippen LogP) is 4.13. The summed E-state index contributed by atoms with van der Waals surface area (Å²) < 4.78 is 16.3. The molecule has 2 heterocycles. The minimum absolute atomic E-state index is 0.0956. The number of amides is 3. The van der Waals surface area contributed by atoms with Crippen molar-refractivity contribution in [2.45, 2.75) is 26.3 Å². The van der Waals surface area contributed by atoms with E-state index in [0.29, 0.717) is 29.4 Å². The number of benzene rings is 3. The molecule has 1 saturated heterocycles. The molecule has 0 radical (unpaired) electrons. The number of nitrogens with zero attached hydrogens (tertiary/aromatic N) is 1. The maximum absolute atomic E-state index is 13.1. The summed E-state index contributed by atoms with van der Waals surface area (Å²) in [5.74, 6) is 0.767. The third-order valence-electron chi connectivity index (χ3n) is 6.44. The average molecular weight is 516 g/mol. The SMILES string of the molecule is CCCOc1ccc(N2C[C@H](C(=O)Nc3ccccc3C(=O)NCc3ccc4c(c3)OCO4)CC2=O)cc1. The van der Waals surface area contributed by atoms with Gasteiger partial charge in [0.1, 0.15) is 5.75 Å². The molecule has 2 aliphatic heterocycles. The van der Waals surface area contributed by atoms with Gasteiger partial charge < -0.3 is 29.7 Å². The van der Waals surface area contributed by atoms with Gasteiger partial charge in [-0.05, 0) is 60.5 Å². The van der Waals surface area contributed by atoms with E-state index >= 15 is 0 Å². The zero-order valence-corrected chi connectivity index (χ0v) is 21.1. The Kier molecular flexibility index (Phi) is 7.44. The number of hydrogen-bond acceptors (Lipinski definition) is 6. The normalized spacial score (nSPS) is 15.9. The first-order chi connectivity index (χ1) is 18.5. The van der Waals surface area contributed by atoms with Crippen molar-refractivity contribution in [3.05, 3.63) is 77.9 Å². The number of ether oxygens (including phenoxy) is 3. The maximum atomic E-state index is 13.1. The van der Waals surface area contributed by atoms with Crippen molar-refractivity contribution in [3.8, 4) is 17.2 Å². The van der Waals surface area contributed by atoms with E-state index in [2.05, 4.69) is 10.6 Å². The zero-order chi connectivity index (χ0) is 26.5. The van der Waals surface area contributed by atoms with Crippen molar-refractivity contribution in [1.29, 1.82) is 0 Å². The van der Waals surface area contributed by atoms with Crippen LogP contribution in [-0.4, -0.2) is 37.7 Å². The number of fused-ring (bicyclic) bond motifs is 1. The number of anilines is 2. The van der Waals surface area contributed by atoms with Gasteiger partial charge in [-0.3, -0.25) is 14.4 Å². The van der Waals surface area contributed by atoms with Crippen molar-refractivity contribution in [2.24, 2.45) is 5.92 Å². The molecule has 0 aromatic heterocycles. The summed E-state index contributed by atoms with van der Waals surface area (Å²) in [7, 11) is 0. The summed E-state index contributed by atoms with van der Waals surface area (Å²) in [6.45, 7) is 3.39. The fourth-order valence-corrected chi connectivity index (χ4v) is 4.43. The quantitative estimate of drug-likeness (QED) is 0.444. The third kappa shape index (κ3) is 5.56. The summed E-state index contributed by atoms with van der Waals surface area (Å²) in [5, 5.41) is 5.74. The Labute approximate surface area is 220 Å². The smallest absolute Gasteiger partial charge is 0.253 e. The van der Waals surface area contributed by atoms with Gasteiger partial charge >= 0.3 is 0 Å². The second-order valence-corrected chi connectivity index (χ2v) is 9.15. The highest BCUT2D eigenvalue weighted by molar-refractivity contribution is 6.07. The van der Waals surface area contributed by atoms with Crippen LogP contribution in [-0.2, 0) is 16.1 Å². The maximum Gasteiger partial charge on any atom is 0.253 e. The Bertz CT molecular complexity index is 1340. The lowest BCUT2D eigenvalue weighted by Crippen LogP contribution is -2.29. The second-order valence-electron chi connectivity index (χ2n) is 9.15. The van der Waals surface area contributed by atoms with E-state index in [9.17, 15) is 14.4 Å². The van der Waals surface area contributed by atoms with E-state index in [0.717, 1.165) is 23.4 Å². The molecule has 1 atom stereocenters. The summed E-state index contributed by atoms with van der Waals surface area (Å²) in [6.07, 6.45) is 1.01. The van der Waals surface area contributed by atoms with Gasteiger partial charge in [-0.2, -0.15) is 0 Å². The lowest BCUT2D eigenvalue weighted by molar-refractivity contribution is -0.122. The first-order valence-electron chi connectivity index (χ1n) is 12.6. The second kappa shape index (κ2) is 11.2. The van der Waals surface area contributed by atoms with Gasteiger partial charge in [-0.1, -0.05) is 25.1 Å². The zero-order valence-electron chi connectivity index (χ0n) is 21.1. The van der Waals surface area contributed by atoms with E-state index in [1.165, 1.54) is 0 Å². The standard InChI is InChI=1S/C29H29N3O6/c1-2-13-36-22-10-8-21(9-11-22)32-17-20(15-27(32)33)28(34)31-24-6-4-3-5-23(24)29(35)30-16-19-7-12-25-26(14-19)38-18-37-25/h3-12,14,20H,2,13,15-18H2,1H3,(H,30,35)(H,31,34)/t20-/m1/s1. The van der Waals surface area contributed by atoms with E-state index < -0.39 is 5.92 Å². The highest BCUT2D eigenvalue weighted by Gasteiger charge is 2.35. The lowest BCUT2D eigenvalue weighted by Gasteiger charge is -2.18. The van der Waals surface area contributed by atoms with Crippen LogP contribution in [0, 0.1) is 5.92 Å².